The number of carbonyl (C=O) groups excluding carboxylic acids is 1. The van der Waals surface area contributed by atoms with E-state index in [1.165, 1.54) is 7.11 Å². The molecule has 0 atom stereocenters. The van der Waals surface area contributed by atoms with Gasteiger partial charge in [0.2, 0.25) is 5.91 Å². The van der Waals surface area contributed by atoms with Crippen molar-refractivity contribution in [3.05, 3.63) is 24.1 Å². The first kappa shape index (κ1) is 11.2. The van der Waals surface area contributed by atoms with Gasteiger partial charge in [-0.25, -0.2) is 4.98 Å². The van der Waals surface area contributed by atoms with Crippen LogP contribution in [0.5, 0.6) is 0 Å². The number of ether oxygens (including phenoxy) is 1. The molecule has 0 unspecified atom stereocenters. The molecular formula is C13H14N2O3. The van der Waals surface area contributed by atoms with Gasteiger partial charge in [0.05, 0.1) is 0 Å². The maximum atomic E-state index is 11.4. The Morgan fingerprint density at radius 1 is 1.56 bits per heavy atom. The number of benzene rings is 1. The first-order chi connectivity index (χ1) is 8.76. The Bertz CT molecular complexity index is 587. The SMILES string of the molecule is COCC(=O)Nc1ccc2oc(C3CC3)nc2c1. The molecule has 1 amide bonds. The smallest absolute Gasteiger partial charge is 0.250 e. The van der Waals surface area contributed by atoms with Gasteiger partial charge in [-0.1, -0.05) is 0 Å². The number of amides is 1. The number of nitrogens with zero attached hydrogens (tertiary/aromatic N) is 1. The summed E-state index contributed by atoms with van der Waals surface area (Å²) in [6.07, 6.45) is 2.31. The molecule has 1 aliphatic carbocycles. The number of rotatable bonds is 4. The molecule has 1 N–H and O–H groups in total. The van der Waals surface area contributed by atoms with Crippen molar-refractivity contribution in [2.75, 3.05) is 19.0 Å². The van der Waals surface area contributed by atoms with Crippen LogP contribution in [-0.2, 0) is 9.53 Å². The number of methoxy groups -OCH3 is 1. The Hall–Kier alpha value is -1.88. The lowest BCUT2D eigenvalue weighted by Gasteiger charge is -2.03. The van der Waals surface area contributed by atoms with Gasteiger partial charge in [0.25, 0.3) is 0 Å². The van der Waals surface area contributed by atoms with Crippen LogP contribution in [0, 0.1) is 0 Å². The highest BCUT2D eigenvalue weighted by molar-refractivity contribution is 5.93. The van der Waals surface area contributed by atoms with E-state index >= 15 is 0 Å². The van der Waals surface area contributed by atoms with E-state index in [-0.39, 0.29) is 12.5 Å². The molecule has 1 fully saturated rings. The van der Waals surface area contributed by atoms with Crippen LogP contribution in [0.1, 0.15) is 24.7 Å². The monoisotopic (exact) mass is 246 g/mol. The number of hydrogen-bond acceptors (Lipinski definition) is 4. The molecule has 1 aromatic heterocycles. The van der Waals surface area contributed by atoms with Crippen molar-refractivity contribution < 1.29 is 13.9 Å². The molecule has 3 rings (SSSR count). The summed E-state index contributed by atoms with van der Waals surface area (Å²) in [5.74, 6) is 1.12. The van der Waals surface area contributed by atoms with Crippen LogP contribution >= 0.6 is 0 Å². The average Bonchev–Trinajstić information content (AvgIpc) is 3.10. The Kier molecular flexibility index (Phi) is 2.76. The van der Waals surface area contributed by atoms with E-state index in [1.54, 1.807) is 6.07 Å². The molecule has 5 heteroatoms. The summed E-state index contributed by atoms with van der Waals surface area (Å²) < 4.78 is 10.4. The van der Waals surface area contributed by atoms with Crippen molar-refractivity contribution in [1.29, 1.82) is 0 Å². The van der Waals surface area contributed by atoms with Crippen LogP contribution < -0.4 is 5.32 Å². The first-order valence-electron chi connectivity index (χ1n) is 5.95. The number of oxazole rings is 1. The Balaban J connectivity index is 1.83. The second-order valence-electron chi connectivity index (χ2n) is 4.49. The molecule has 1 heterocycles. The van der Waals surface area contributed by atoms with Crippen LogP contribution in [0.2, 0.25) is 0 Å². The van der Waals surface area contributed by atoms with E-state index in [2.05, 4.69) is 10.3 Å². The zero-order valence-electron chi connectivity index (χ0n) is 10.1. The van der Waals surface area contributed by atoms with Crippen LogP contribution in [-0.4, -0.2) is 24.6 Å². The fourth-order valence-corrected chi connectivity index (χ4v) is 1.86. The van der Waals surface area contributed by atoms with E-state index < -0.39 is 0 Å². The zero-order chi connectivity index (χ0) is 12.5. The Labute approximate surface area is 104 Å². The number of nitrogens with one attached hydrogen (secondary N) is 1. The summed E-state index contributed by atoms with van der Waals surface area (Å²) in [6, 6.07) is 5.45. The number of carbonyl (C=O) groups is 1. The molecular weight excluding hydrogens is 232 g/mol. The van der Waals surface area contributed by atoms with Gasteiger partial charge >= 0.3 is 0 Å². The van der Waals surface area contributed by atoms with Crippen molar-refractivity contribution in [2.24, 2.45) is 0 Å². The highest BCUT2D eigenvalue weighted by atomic mass is 16.5. The van der Waals surface area contributed by atoms with Gasteiger partial charge < -0.3 is 14.5 Å². The lowest BCUT2D eigenvalue weighted by molar-refractivity contribution is -0.119. The molecule has 2 aromatic rings. The fourth-order valence-electron chi connectivity index (χ4n) is 1.86. The van der Waals surface area contributed by atoms with Gasteiger partial charge in [-0.2, -0.15) is 0 Å². The lowest BCUT2D eigenvalue weighted by Crippen LogP contribution is -2.16. The van der Waals surface area contributed by atoms with E-state index in [0.717, 1.165) is 29.8 Å². The highest BCUT2D eigenvalue weighted by Crippen LogP contribution is 2.40. The summed E-state index contributed by atoms with van der Waals surface area (Å²) in [5, 5.41) is 2.74. The molecule has 5 nitrogen and oxygen atoms in total. The van der Waals surface area contributed by atoms with Crippen LogP contribution in [0.25, 0.3) is 11.1 Å². The molecule has 18 heavy (non-hydrogen) atoms. The minimum absolute atomic E-state index is 0.0458. The lowest BCUT2D eigenvalue weighted by atomic mass is 10.3. The van der Waals surface area contributed by atoms with Crippen LogP contribution in [0.4, 0.5) is 5.69 Å². The first-order valence-corrected chi connectivity index (χ1v) is 5.95. The molecule has 94 valence electrons. The minimum atomic E-state index is -0.178. The second-order valence-corrected chi connectivity index (χ2v) is 4.49. The fraction of sp³-hybridized carbons (Fsp3) is 0.385. The maximum Gasteiger partial charge on any atom is 0.250 e. The molecule has 0 aliphatic heterocycles. The standard InChI is InChI=1S/C13H14N2O3/c1-17-7-12(16)14-9-4-5-11-10(6-9)15-13(18-11)8-2-3-8/h4-6,8H,2-3,7H2,1H3,(H,14,16). The van der Waals surface area contributed by atoms with Crippen molar-refractivity contribution in [3.63, 3.8) is 0 Å². The quantitative estimate of drug-likeness (QED) is 0.898. The van der Waals surface area contributed by atoms with Crippen molar-refractivity contribution >= 4 is 22.7 Å². The average molecular weight is 246 g/mol. The van der Waals surface area contributed by atoms with Crippen molar-refractivity contribution in [2.45, 2.75) is 18.8 Å². The largest absolute Gasteiger partial charge is 0.440 e. The van der Waals surface area contributed by atoms with E-state index in [1.807, 2.05) is 12.1 Å². The van der Waals surface area contributed by atoms with Gasteiger partial charge in [-0.3, -0.25) is 4.79 Å². The third-order valence-electron chi connectivity index (χ3n) is 2.89. The number of anilines is 1. The summed E-state index contributed by atoms with van der Waals surface area (Å²) in [4.78, 5) is 15.8. The topological polar surface area (TPSA) is 64.4 Å². The number of fused-ring (bicyclic) bond motifs is 1. The van der Waals surface area contributed by atoms with Crippen molar-refractivity contribution in [1.82, 2.24) is 4.98 Å². The van der Waals surface area contributed by atoms with E-state index in [9.17, 15) is 4.79 Å². The van der Waals surface area contributed by atoms with E-state index in [4.69, 9.17) is 9.15 Å². The summed E-state index contributed by atoms with van der Waals surface area (Å²) in [6.45, 7) is 0.0458. The van der Waals surface area contributed by atoms with Gasteiger partial charge in [0.1, 0.15) is 12.1 Å². The number of aromatic nitrogens is 1. The Morgan fingerprint density at radius 2 is 2.39 bits per heavy atom. The minimum Gasteiger partial charge on any atom is -0.440 e. The summed E-state index contributed by atoms with van der Waals surface area (Å²) >= 11 is 0. The van der Waals surface area contributed by atoms with E-state index in [0.29, 0.717) is 11.6 Å². The van der Waals surface area contributed by atoms with Gasteiger partial charge in [0.15, 0.2) is 11.5 Å². The predicted molar refractivity (Wildman–Crippen MR) is 66.5 cm³/mol. The highest BCUT2D eigenvalue weighted by Gasteiger charge is 2.28. The maximum absolute atomic E-state index is 11.4. The second kappa shape index (κ2) is 4.42. The molecule has 0 radical (unpaired) electrons. The molecule has 1 saturated carbocycles. The van der Waals surface area contributed by atoms with Crippen molar-refractivity contribution in [3.8, 4) is 0 Å². The Morgan fingerprint density at radius 3 is 3.11 bits per heavy atom. The molecule has 1 aromatic carbocycles. The summed E-state index contributed by atoms with van der Waals surface area (Å²) in [5.41, 5.74) is 2.26. The van der Waals surface area contributed by atoms with Crippen LogP contribution in [0.3, 0.4) is 0 Å². The third-order valence-corrected chi connectivity index (χ3v) is 2.89. The van der Waals surface area contributed by atoms with Gasteiger partial charge in [-0.15, -0.1) is 0 Å². The summed E-state index contributed by atoms with van der Waals surface area (Å²) in [7, 11) is 1.49. The van der Waals surface area contributed by atoms with Crippen LogP contribution in [0.15, 0.2) is 22.6 Å². The molecule has 0 saturated heterocycles. The normalized spacial score (nSPS) is 14.9. The third kappa shape index (κ3) is 2.22. The molecule has 0 bridgehead atoms. The van der Waals surface area contributed by atoms with Gasteiger partial charge in [-0.05, 0) is 31.0 Å². The van der Waals surface area contributed by atoms with Gasteiger partial charge in [0, 0.05) is 18.7 Å². The molecule has 1 aliphatic rings. The zero-order valence-corrected chi connectivity index (χ0v) is 10.1. The predicted octanol–water partition coefficient (Wildman–Crippen LogP) is 2.29. The molecule has 0 spiro atoms. The number of hydrogen-bond donors (Lipinski definition) is 1.